The maximum atomic E-state index is 4.67. The second-order valence-electron chi connectivity index (χ2n) is 3.66. The van der Waals surface area contributed by atoms with Gasteiger partial charge in [-0.05, 0) is 19.1 Å². The monoisotopic (exact) mass is 214 g/mol. The summed E-state index contributed by atoms with van der Waals surface area (Å²) in [5.74, 6) is 0. The van der Waals surface area contributed by atoms with Crippen LogP contribution in [0.2, 0.25) is 0 Å². The van der Waals surface area contributed by atoms with E-state index in [1.54, 1.807) is 6.33 Å². The summed E-state index contributed by atoms with van der Waals surface area (Å²) in [4.78, 5) is 4.31. The highest BCUT2D eigenvalue weighted by molar-refractivity contribution is 5.74. The van der Waals surface area contributed by atoms with E-state index in [4.69, 9.17) is 0 Å². The van der Waals surface area contributed by atoms with E-state index in [1.165, 1.54) is 0 Å². The Morgan fingerprint density at radius 1 is 1.25 bits per heavy atom. The third kappa shape index (κ3) is 1.37. The Morgan fingerprint density at radius 3 is 2.94 bits per heavy atom. The first-order valence-electron chi connectivity index (χ1n) is 5.02. The summed E-state index contributed by atoms with van der Waals surface area (Å²) in [6, 6.07) is 7.99. The Balaban J connectivity index is 2.04. The van der Waals surface area contributed by atoms with Crippen molar-refractivity contribution in [2.75, 3.05) is 0 Å². The normalized spacial score (nSPS) is 11.1. The molecule has 1 aromatic carbocycles. The summed E-state index contributed by atoms with van der Waals surface area (Å²) in [5.41, 5.74) is 3.72. The first-order chi connectivity index (χ1) is 7.84. The molecule has 16 heavy (non-hydrogen) atoms. The number of nitrogens with zero attached hydrogens (tertiary/aromatic N) is 4. The molecule has 2 aromatic heterocycles. The molecule has 0 bridgehead atoms. The van der Waals surface area contributed by atoms with Gasteiger partial charge in [0.15, 0.2) is 0 Å². The third-order valence-electron chi connectivity index (χ3n) is 2.59. The number of aryl methyl sites for hydroxylation is 1. The number of rotatable bonds is 2. The SMILES string of the molecule is Cc1nonc1Cn1cnc2ccccc21. The Morgan fingerprint density at radius 2 is 2.12 bits per heavy atom. The molecule has 0 aliphatic carbocycles. The van der Waals surface area contributed by atoms with E-state index in [-0.39, 0.29) is 0 Å². The van der Waals surface area contributed by atoms with Crippen LogP contribution in [0.25, 0.3) is 11.0 Å². The van der Waals surface area contributed by atoms with Crippen LogP contribution in [0.3, 0.4) is 0 Å². The van der Waals surface area contributed by atoms with Crippen molar-refractivity contribution in [3.05, 3.63) is 42.0 Å². The number of aromatic nitrogens is 4. The number of para-hydroxylation sites is 2. The molecule has 0 aliphatic rings. The predicted molar refractivity (Wildman–Crippen MR) is 57.9 cm³/mol. The third-order valence-corrected chi connectivity index (χ3v) is 2.59. The molecule has 0 saturated heterocycles. The fourth-order valence-electron chi connectivity index (χ4n) is 1.69. The van der Waals surface area contributed by atoms with Gasteiger partial charge in [0.25, 0.3) is 0 Å². The van der Waals surface area contributed by atoms with Crippen LogP contribution in [0, 0.1) is 6.92 Å². The van der Waals surface area contributed by atoms with Gasteiger partial charge in [0.05, 0.1) is 23.9 Å². The van der Waals surface area contributed by atoms with Gasteiger partial charge >= 0.3 is 0 Å². The number of imidazole rings is 1. The lowest BCUT2D eigenvalue weighted by Crippen LogP contribution is -1.99. The zero-order valence-corrected chi connectivity index (χ0v) is 8.79. The van der Waals surface area contributed by atoms with Crippen molar-refractivity contribution in [2.24, 2.45) is 0 Å². The molecule has 5 nitrogen and oxygen atoms in total. The molecule has 0 unspecified atom stereocenters. The smallest absolute Gasteiger partial charge is 0.127 e. The van der Waals surface area contributed by atoms with Crippen molar-refractivity contribution in [1.82, 2.24) is 19.9 Å². The topological polar surface area (TPSA) is 56.7 Å². The Bertz CT molecular complexity index is 625. The second-order valence-corrected chi connectivity index (χ2v) is 3.66. The highest BCUT2D eigenvalue weighted by Crippen LogP contribution is 2.13. The Kier molecular flexibility index (Phi) is 1.96. The molecule has 3 rings (SSSR count). The minimum atomic E-state index is 0.635. The summed E-state index contributed by atoms with van der Waals surface area (Å²) in [7, 11) is 0. The van der Waals surface area contributed by atoms with Crippen LogP contribution >= 0.6 is 0 Å². The minimum Gasteiger partial charge on any atom is -0.324 e. The molecular weight excluding hydrogens is 204 g/mol. The highest BCUT2D eigenvalue weighted by atomic mass is 16.6. The maximum absolute atomic E-state index is 4.67. The minimum absolute atomic E-state index is 0.635. The quantitative estimate of drug-likeness (QED) is 0.652. The van der Waals surface area contributed by atoms with Crippen LogP contribution in [0.15, 0.2) is 35.2 Å². The number of hydrogen-bond donors (Lipinski definition) is 0. The molecule has 80 valence electrons. The molecule has 0 aliphatic heterocycles. The first kappa shape index (κ1) is 9.08. The van der Waals surface area contributed by atoms with E-state index >= 15 is 0 Å². The molecule has 0 amide bonds. The van der Waals surface area contributed by atoms with E-state index in [1.807, 2.05) is 35.8 Å². The standard InChI is InChI=1S/C11H10N4O/c1-8-10(14-16-13-8)6-15-7-12-9-4-2-3-5-11(9)15/h2-5,7H,6H2,1H3. The Labute approximate surface area is 91.7 Å². The lowest BCUT2D eigenvalue weighted by Gasteiger charge is -2.00. The van der Waals surface area contributed by atoms with Crippen molar-refractivity contribution in [3.8, 4) is 0 Å². The summed E-state index contributed by atoms with van der Waals surface area (Å²) in [6.45, 7) is 2.51. The van der Waals surface area contributed by atoms with E-state index in [0.717, 1.165) is 22.4 Å². The maximum Gasteiger partial charge on any atom is 0.127 e. The van der Waals surface area contributed by atoms with Crippen molar-refractivity contribution in [1.29, 1.82) is 0 Å². The second kappa shape index (κ2) is 3.44. The average Bonchev–Trinajstić information content (AvgIpc) is 2.88. The summed E-state index contributed by atoms with van der Waals surface area (Å²) < 4.78 is 6.70. The molecule has 0 atom stereocenters. The van der Waals surface area contributed by atoms with Gasteiger partial charge in [-0.3, -0.25) is 0 Å². The molecule has 0 fully saturated rings. The largest absolute Gasteiger partial charge is 0.324 e. The molecule has 0 N–H and O–H groups in total. The molecule has 0 saturated carbocycles. The molecule has 5 heteroatoms. The van der Waals surface area contributed by atoms with Crippen molar-refractivity contribution >= 4 is 11.0 Å². The molecular formula is C11H10N4O. The van der Waals surface area contributed by atoms with Crippen LogP contribution < -0.4 is 0 Å². The van der Waals surface area contributed by atoms with E-state index in [9.17, 15) is 0 Å². The summed E-state index contributed by atoms with van der Waals surface area (Å²) in [5, 5.41) is 7.62. The van der Waals surface area contributed by atoms with Crippen molar-refractivity contribution < 1.29 is 4.63 Å². The van der Waals surface area contributed by atoms with Gasteiger partial charge in [-0.1, -0.05) is 22.4 Å². The lowest BCUT2D eigenvalue weighted by molar-refractivity contribution is 0.300. The van der Waals surface area contributed by atoms with Gasteiger partial charge < -0.3 is 4.57 Å². The highest BCUT2D eigenvalue weighted by Gasteiger charge is 2.08. The van der Waals surface area contributed by atoms with Crippen LogP contribution in [0.5, 0.6) is 0 Å². The fourth-order valence-corrected chi connectivity index (χ4v) is 1.69. The van der Waals surface area contributed by atoms with Crippen LogP contribution in [0.1, 0.15) is 11.4 Å². The summed E-state index contributed by atoms with van der Waals surface area (Å²) in [6.07, 6.45) is 1.80. The van der Waals surface area contributed by atoms with Gasteiger partial charge in [0.2, 0.25) is 0 Å². The van der Waals surface area contributed by atoms with E-state index in [0.29, 0.717) is 6.54 Å². The molecule has 3 aromatic rings. The van der Waals surface area contributed by atoms with Gasteiger partial charge in [-0.15, -0.1) is 0 Å². The van der Waals surface area contributed by atoms with E-state index in [2.05, 4.69) is 19.9 Å². The van der Waals surface area contributed by atoms with E-state index < -0.39 is 0 Å². The fraction of sp³-hybridized carbons (Fsp3) is 0.182. The first-order valence-corrected chi connectivity index (χ1v) is 5.02. The number of benzene rings is 1. The number of hydrogen-bond acceptors (Lipinski definition) is 4. The average molecular weight is 214 g/mol. The van der Waals surface area contributed by atoms with Gasteiger partial charge in [-0.25, -0.2) is 9.61 Å². The number of fused-ring (bicyclic) bond motifs is 1. The van der Waals surface area contributed by atoms with Gasteiger partial charge in [-0.2, -0.15) is 0 Å². The van der Waals surface area contributed by atoms with Crippen LogP contribution in [-0.2, 0) is 6.54 Å². The van der Waals surface area contributed by atoms with Crippen LogP contribution in [0.4, 0.5) is 0 Å². The van der Waals surface area contributed by atoms with Crippen LogP contribution in [-0.4, -0.2) is 19.9 Å². The zero-order chi connectivity index (χ0) is 11.0. The van der Waals surface area contributed by atoms with Gasteiger partial charge in [0.1, 0.15) is 11.4 Å². The zero-order valence-electron chi connectivity index (χ0n) is 8.79. The molecule has 0 radical (unpaired) electrons. The van der Waals surface area contributed by atoms with Crippen molar-refractivity contribution in [2.45, 2.75) is 13.5 Å². The Hall–Kier alpha value is -2.17. The lowest BCUT2D eigenvalue weighted by atomic mass is 10.3. The van der Waals surface area contributed by atoms with Gasteiger partial charge in [0, 0.05) is 0 Å². The predicted octanol–water partition coefficient (Wildman–Crippen LogP) is 1.78. The molecule has 2 heterocycles. The molecule has 0 spiro atoms. The van der Waals surface area contributed by atoms with Crippen molar-refractivity contribution in [3.63, 3.8) is 0 Å². The summed E-state index contributed by atoms with van der Waals surface area (Å²) >= 11 is 0.